The fraction of sp³-hybridized carbons (Fsp3) is 0.0667. The zero-order valence-corrected chi connectivity index (χ0v) is 12.6. The molecular weight excluding hydrogens is 332 g/mol. The molecule has 0 aliphatic carbocycles. The minimum Gasteiger partial charge on any atom is -0.334 e. The first-order valence-corrected chi connectivity index (χ1v) is 7.23. The van der Waals surface area contributed by atoms with Gasteiger partial charge in [-0.25, -0.2) is 4.79 Å². The zero-order chi connectivity index (χ0) is 14.7. The van der Waals surface area contributed by atoms with Crippen LogP contribution in [0.2, 0.25) is 0 Å². The van der Waals surface area contributed by atoms with Gasteiger partial charge in [0.1, 0.15) is 0 Å². The molecule has 0 radical (unpaired) electrons. The summed E-state index contributed by atoms with van der Waals surface area (Å²) in [7, 11) is 0. The summed E-state index contributed by atoms with van der Waals surface area (Å²) < 4.78 is 1.02. The fourth-order valence-corrected chi connectivity index (χ4v) is 2.29. The first kappa shape index (κ1) is 13.6. The lowest BCUT2D eigenvalue weighted by Gasteiger charge is -2.08. The molecule has 0 spiro atoms. The SMILES string of the molecule is O=C(NCc1ccc(Br)cc1)Nc1cccc2[nH]ncc12. The summed E-state index contributed by atoms with van der Waals surface area (Å²) in [6.45, 7) is 0.473. The molecule has 3 rings (SSSR count). The number of carbonyl (C=O) groups excluding carboxylic acids is 1. The third kappa shape index (κ3) is 3.22. The molecule has 0 fully saturated rings. The van der Waals surface area contributed by atoms with Crippen molar-refractivity contribution in [2.45, 2.75) is 6.54 Å². The molecule has 0 bridgehead atoms. The normalized spacial score (nSPS) is 10.5. The predicted molar refractivity (Wildman–Crippen MR) is 86.1 cm³/mol. The molecule has 3 N–H and O–H groups in total. The Bertz CT molecular complexity index is 767. The lowest BCUT2D eigenvalue weighted by atomic mass is 10.2. The molecule has 6 heteroatoms. The number of hydrogen-bond acceptors (Lipinski definition) is 2. The van der Waals surface area contributed by atoms with Crippen LogP contribution in [0.1, 0.15) is 5.56 Å². The van der Waals surface area contributed by atoms with Gasteiger partial charge in [0.15, 0.2) is 0 Å². The van der Waals surface area contributed by atoms with Crippen molar-refractivity contribution in [3.63, 3.8) is 0 Å². The molecule has 0 atom stereocenters. The van der Waals surface area contributed by atoms with Crippen LogP contribution in [0, 0.1) is 0 Å². The second-order valence-electron chi connectivity index (χ2n) is 4.57. The van der Waals surface area contributed by atoms with Gasteiger partial charge in [0.2, 0.25) is 0 Å². The number of H-pyrrole nitrogens is 1. The first-order chi connectivity index (χ1) is 10.2. The van der Waals surface area contributed by atoms with Crippen molar-refractivity contribution >= 4 is 38.6 Å². The van der Waals surface area contributed by atoms with Crippen molar-refractivity contribution in [2.75, 3.05) is 5.32 Å². The highest BCUT2D eigenvalue weighted by atomic mass is 79.9. The number of urea groups is 1. The number of anilines is 1. The Morgan fingerprint density at radius 1 is 1.19 bits per heavy atom. The second-order valence-corrected chi connectivity index (χ2v) is 5.49. The summed E-state index contributed by atoms with van der Waals surface area (Å²) >= 11 is 3.38. The quantitative estimate of drug-likeness (QED) is 0.678. The van der Waals surface area contributed by atoms with E-state index in [1.54, 1.807) is 6.20 Å². The maximum atomic E-state index is 12.0. The van der Waals surface area contributed by atoms with Crippen molar-refractivity contribution in [3.8, 4) is 0 Å². The average molecular weight is 345 g/mol. The number of halogens is 1. The molecule has 0 aliphatic heterocycles. The third-order valence-corrected chi connectivity index (χ3v) is 3.63. The molecule has 21 heavy (non-hydrogen) atoms. The number of amides is 2. The van der Waals surface area contributed by atoms with Gasteiger partial charge >= 0.3 is 6.03 Å². The summed E-state index contributed by atoms with van der Waals surface area (Å²) in [6, 6.07) is 13.2. The van der Waals surface area contributed by atoms with E-state index < -0.39 is 0 Å². The van der Waals surface area contributed by atoms with Crippen LogP contribution < -0.4 is 10.6 Å². The Balaban J connectivity index is 1.64. The highest BCUT2D eigenvalue weighted by Gasteiger charge is 2.06. The number of hydrogen-bond donors (Lipinski definition) is 3. The Morgan fingerprint density at radius 3 is 2.81 bits per heavy atom. The number of nitrogens with one attached hydrogen (secondary N) is 3. The van der Waals surface area contributed by atoms with Crippen LogP contribution in [0.25, 0.3) is 10.9 Å². The van der Waals surface area contributed by atoms with Gasteiger partial charge in [-0.3, -0.25) is 5.10 Å². The maximum Gasteiger partial charge on any atom is 0.319 e. The van der Waals surface area contributed by atoms with Crippen LogP contribution in [-0.2, 0) is 6.54 Å². The van der Waals surface area contributed by atoms with Gasteiger partial charge in [0, 0.05) is 16.4 Å². The zero-order valence-electron chi connectivity index (χ0n) is 11.1. The Kier molecular flexibility index (Phi) is 3.87. The van der Waals surface area contributed by atoms with Gasteiger partial charge in [-0.05, 0) is 29.8 Å². The molecule has 2 amide bonds. The Hall–Kier alpha value is -2.34. The number of rotatable bonds is 3. The summed E-state index contributed by atoms with van der Waals surface area (Å²) in [5.74, 6) is 0. The smallest absolute Gasteiger partial charge is 0.319 e. The molecule has 106 valence electrons. The largest absolute Gasteiger partial charge is 0.334 e. The monoisotopic (exact) mass is 344 g/mol. The van der Waals surface area contributed by atoms with E-state index in [1.807, 2.05) is 42.5 Å². The molecule has 0 saturated carbocycles. The van der Waals surface area contributed by atoms with E-state index in [9.17, 15) is 4.79 Å². The van der Waals surface area contributed by atoms with Crippen molar-refractivity contribution in [3.05, 3.63) is 58.7 Å². The third-order valence-electron chi connectivity index (χ3n) is 3.10. The Morgan fingerprint density at radius 2 is 2.00 bits per heavy atom. The summed E-state index contributed by atoms with van der Waals surface area (Å²) in [4.78, 5) is 12.0. The maximum absolute atomic E-state index is 12.0. The van der Waals surface area contributed by atoms with Crippen LogP contribution in [0.15, 0.2) is 53.1 Å². The molecular formula is C15H13BrN4O. The van der Waals surface area contributed by atoms with Crippen molar-refractivity contribution in [1.29, 1.82) is 0 Å². The van der Waals surface area contributed by atoms with E-state index >= 15 is 0 Å². The predicted octanol–water partition coefficient (Wildman–Crippen LogP) is 3.65. The van der Waals surface area contributed by atoms with Crippen LogP contribution >= 0.6 is 15.9 Å². The highest BCUT2D eigenvalue weighted by molar-refractivity contribution is 9.10. The van der Waals surface area contributed by atoms with E-state index in [-0.39, 0.29) is 6.03 Å². The number of aromatic amines is 1. The molecule has 3 aromatic rings. The Labute approximate surface area is 129 Å². The molecule has 1 aromatic heterocycles. The van der Waals surface area contributed by atoms with Gasteiger partial charge in [0.05, 0.1) is 17.4 Å². The van der Waals surface area contributed by atoms with Crippen molar-refractivity contribution in [2.24, 2.45) is 0 Å². The molecule has 1 heterocycles. The highest BCUT2D eigenvalue weighted by Crippen LogP contribution is 2.20. The lowest BCUT2D eigenvalue weighted by molar-refractivity contribution is 0.252. The molecule has 0 unspecified atom stereocenters. The molecule has 2 aromatic carbocycles. The van der Waals surface area contributed by atoms with Crippen LogP contribution in [-0.4, -0.2) is 16.2 Å². The van der Waals surface area contributed by atoms with E-state index in [2.05, 4.69) is 36.8 Å². The standard InChI is InChI=1S/C15H13BrN4O/c16-11-6-4-10(5-7-11)8-17-15(21)19-13-2-1-3-14-12(13)9-18-20-14/h1-7,9H,8H2,(H,18,20)(H2,17,19,21). The minimum atomic E-state index is -0.244. The van der Waals surface area contributed by atoms with E-state index in [0.717, 1.165) is 26.6 Å². The summed E-state index contributed by atoms with van der Waals surface area (Å²) in [5, 5.41) is 13.4. The van der Waals surface area contributed by atoms with Crippen molar-refractivity contribution in [1.82, 2.24) is 15.5 Å². The topological polar surface area (TPSA) is 69.8 Å². The minimum absolute atomic E-state index is 0.244. The van der Waals surface area contributed by atoms with E-state index in [1.165, 1.54) is 0 Å². The number of nitrogens with zero attached hydrogens (tertiary/aromatic N) is 1. The van der Waals surface area contributed by atoms with Crippen LogP contribution in [0.4, 0.5) is 10.5 Å². The molecule has 5 nitrogen and oxygen atoms in total. The number of benzene rings is 2. The second kappa shape index (κ2) is 5.97. The van der Waals surface area contributed by atoms with Gasteiger partial charge in [0.25, 0.3) is 0 Å². The number of fused-ring (bicyclic) bond motifs is 1. The summed E-state index contributed by atoms with van der Waals surface area (Å²) in [6.07, 6.45) is 1.69. The van der Waals surface area contributed by atoms with E-state index in [4.69, 9.17) is 0 Å². The van der Waals surface area contributed by atoms with Gasteiger partial charge in [-0.1, -0.05) is 34.1 Å². The van der Waals surface area contributed by atoms with Gasteiger partial charge in [-0.2, -0.15) is 5.10 Å². The van der Waals surface area contributed by atoms with Gasteiger partial charge < -0.3 is 10.6 Å². The van der Waals surface area contributed by atoms with Crippen LogP contribution in [0.3, 0.4) is 0 Å². The number of carbonyl (C=O) groups is 1. The molecule has 0 aliphatic rings. The first-order valence-electron chi connectivity index (χ1n) is 6.44. The van der Waals surface area contributed by atoms with Crippen LogP contribution in [0.5, 0.6) is 0 Å². The van der Waals surface area contributed by atoms with Crippen molar-refractivity contribution < 1.29 is 4.79 Å². The molecule has 0 saturated heterocycles. The number of aromatic nitrogens is 2. The average Bonchev–Trinajstić information content (AvgIpc) is 2.96. The van der Waals surface area contributed by atoms with E-state index in [0.29, 0.717) is 6.54 Å². The fourth-order valence-electron chi connectivity index (χ4n) is 2.03. The van der Waals surface area contributed by atoms with Gasteiger partial charge in [-0.15, -0.1) is 0 Å². The summed E-state index contributed by atoms with van der Waals surface area (Å²) in [5.41, 5.74) is 2.66. The lowest BCUT2D eigenvalue weighted by Crippen LogP contribution is -2.28.